The number of fused-ring (bicyclic) bond motifs is 1. The number of rotatable bonds is 6. The van der Waals surface area contributed by atoms with Crippen LogP contribution < -0.4 is 10.1 Å². The van der Waals surface area contributed by atoms with Crippen LogP contribution in [0.5, 0.6) is 5.75 Å². The molecule has 10 heteroatoms. The zero-order valence-corrected chi connectivity index (χ0v) is 22.2. The van der Waals surface area contributed by atoms with Crippen molar-refractivity contribution in [2.24, 2.45) is 7.05 Å². The molecule has 0 saturated carbocycles. The van der Waals surface area contributed by atoms with Gasteiger partial charge < -0.3 is 14.6 Å². The number of benzene rings is 2. The van der Waals surface area contributed by atoms with Crippen LogP contribution >= 0.6 is 11.6 Å². The highest BCUT2D eigenvalue weighted by atomic mass is 35.5. The summed E-state index contributed by atoms with van der Waals surface area (Å²) in [5.74, 6) is 6.62. The summed E-state index contributed by atoms with van der Waals surface area (Å²) < 4.78 is 7.52. The van der Waals surface area contributed by atoms with Crippen LogP contribution in [0.4, 0.5) is 17.3 Å². The summed E-state index contributed by atoms with van der Waals surface area (Å²) in [6, 6.07) is 10.9. The molecule has 9 nitrogen and oxygen atoms in total. The van der Waals surface area contributed by atoms with Gasteiger partial charge in [-0.2, -0.15) is 0 Å². The normalized spacial score (nSPS) is 11.4. The van der Waals surface area contributed by atoms with E-state index in [9.17, 15) is 10.1 Å². The number of aryl methyl sites for hydroxylation is 1. The molecule has 1 N–H and O–H groups in total. The Balaban J connectivity index is 1.77. The second kappa shape index (κ2) is 10.1. The van der Waals surface area contributed by atoms with Gasteiger partial charge in [-0.05, 0) is 34.0 Å². The lowest BCUT2D eigenvalue weighted by Gasteiger charge is -2.26. The van der Waals surface area contributed by atoms with E-state index in [1.807, 2.05) is 74.9 Å². The van der Waals surface area contributed by atoms with Crippen molar-refractivity contribution in [3.63, 3.8) is 0 Å². The molecule has 0 aliphatic carbocycles. The average Bonchev–Trinajstić information content (AvgIpc) is 3.20. The zero-order valence-electron chi connectivity index (χ0n) is 21.5. The summed E-state index contributed by atoms with van der Waals surface area (Å²) in [7, 11) is 7.23. The minimum absolute atomic E-state index is 0.159. The lowest BCUT2D eigenvalue weighted by atomic mass is 10.0. The number of hydrogen-bond donors (Lipinski definition) is 1. The first-order chi connectivity index (χ1) is 17.5. The molecule has 0 atom stereocenters. The Morgan fingerprint density at radius 2 is 1.97 bits per heavy atom. The summed E-state index contributed by atoms with van der Waals surface area (Å²) in [5.41, 5.74) is 2.36. The molecule has 4 aromatic rings. The van der Waals surface area contributed by atoms with Crippen molar-refractivity contribution >= 4 is 39.8 Å². The molecule has 4 rings (SSSR count). The standard InChI is InChI=1S/C27H27ClN6O3/c1-27(2,32(3)4)12-11-17-13-24(37-6)21(14-23(17)34(35)36)30-26-29-15-20(28)25(31-26)19-16-33(5)22-10-8-7-9-18(19)22/h7-10,13-16H,1-6H3,(H,29,30,31). The second-order valence-electron chi connectivity index (χ2n) is 9.22. The monoisotopic (exact) mass is 518 g/mol. The van der Waals surface area contributed by atoms with Crippen molar-refractivity contribution in [1.29, 1.82) is 0 Å². The number of hydrogen-bond acceptors (Lipinski definition) is 7. The van der Waals surface area contributed by atoms with E-state index in [-0.39, 0.29) is 17.2 Å². The van der Waals surface area contributed by atoms with Gasteiger partial charge in [-0.1, -0.05) is 41.6 Å². The third-order valence-corrected chi connectivity index (χ3v) is 6.55. The maximum atomic E-state index is 11.9. The number of para-hydroxylation sites is 1. The van der Waals surface area contributed by atoms with Gasteiger partial charge in [-0.3, -0.25) is 15.0 Å². The van der Waals surface area contributed by atoms with E-state index in [2.05, 4.69) is 27.1 Å². The Bertz CT molecular complexity index is 1570. The third-order valence-electron chi connectivity index (χ3n) is 6.28. The quantitative estimate of drug-likeness (QED) is 0.200. The fourth-order valence-electron chi connectivity index (χ4n) is 3.69. The van der Waals surface area contributed by atoms with Crippen molar-refractivity contribution in [1.82, 2.24) is 19.4 Å². The Hall–Kier alpha value is -4.13. The van der Waals surface area contributed by atoms with Gasteiger partial charge in [0, 0.05) is 41.8 Å². The number of nitro benzene ring substituents is 1. The van der Waals surface area contributed by atoms with Crippen LogP contribution in [0, 0.1) is 22.0 Å². The Morgan fingerprint density at radius 3 is 2.65 bits per heavy atom. The molecular formula is C27H27ClN6O3. The Morgan fingerprint density at radius 1 is 1.24 bits per heavy atom. The van der Waals surface area contributed by atoms with Crippen LogP contribution in [0.25, 0.3) is 22.2 Å². The summed E-state index contributed by atoms with van der Waals surface area (Å²) in [4.78, 5) is 22.3. The number of ether oxygens (including phenoxy) is 1. The first-order valence-corrected chi connectivity index (χ1v) is 11.8. The van der Waals surface area contributed by atoms with E-state index in [1.165, 1.54) is 19.4 Å². The number of nitro groups is 1. The highest BCUT2D eigenvalue weighted by Crippen LogP contribution is 2.36. The fourth-order valence-corrected chi connectivity index (χ4v) is 3.88. The Kier molecular flexibility index (Phi) is 7.07. The molecule has 2 aromatic carbocycles. The van der Waals surface area contributed by atoms with Gasteiger partial charge in [0.25, 0.3) is 5.69 Å². The third kappa shape index (κ3) is 5.21. The smallest absolute Gasteiger partial charge is 0.287 e. The summed E-state index contributed by atoms with van der Waals surface area (Å²) >= 11 is 6.49. The fraction of sp³-hybridized carbons (Fsp3) is 0.259. The van der Waals surface area contributed by atoms with Crippen molar-refractivity contribution in [3.05, 3.63) is 69.5 Å². The van der Waals surface area contributed by atoms with Gasteiger partial charge in [0.2, 0.25) is 5.95 Å². The maximum Gasteiger partial charge on any atom is 0.287 e. The largest absolute Gasteiger partial charge is 0.495 e. The van der Waals surface area contributed by atoms with Crippen molar-refractivity contribution < 1.29 is 9.66 Å². The van der Waals surface area contributed by atoms with Crippen LogP contribution in [-0.4, -0.2) is 51.1 Å². The number of aromatic nitrogens is 3. The van der Waals surface area contributed by atoms with E-state index in [0.717, 1.165) is 16.5 Å². The van der Waals surface area contributed by atoms with E-state index < -0.39 is 10.5 Å². The van der Waals surface area contributed by atoms with E-state index in [1.54, 1.807) is 6.07 Å². The number of methoxy groups -OCH3 is 1. The van der Waals surface area contributed by atoms with Crippen LogP contribution in [-0.2, 0) is 7.05 Å². The van der Waals surface area contributed by atoms with Crippen LogP contribution in [0.15, 0.2) is 48.8 Å². The summed E-state index contributed by atoms with van der Waals surface area (Å²) in [5, 5.41) is 16.3. The zero-order chi connectivity index (χ0) is 26.9. The van der Waals surface area contributed by atoms with Crippen molar-refractivity contribution in [3.8, 4) is 28.8 Å². The number of nitrogens with one attached hydrogen (secondary N) is 1. The molecule has 0 aliphatic heterocycles. The second-order valence-corrected chi connectivity index (χ2v) is 9.62. The minimum atomic E-state index is -0.479. The lowest BCUT2D eigenvalue weighted by molar-refractivity contribution is -0.385. The lowest BCUT2D eigenvalue weighted by Crippen LogP contribution is -2.36. The maximum absolute atomic E-state index is 11.9. The molecule has 0 aliphatic rings. The van der Waals surface area contributed by atoms with Gasteiger partial charge in [0.15, 0.2) is 0 Å². The summed E-state index contributed by atoms with van der Waals surface area (Å²) in [6.07, 6.45) is 3.45. The molecule has 37 heavy (non-hydrogen) atoms. The first-order valence-electron chi connectivity index (χ1n) is 11.4. The topological polar surface area (TPSA) is 98.4 Å². The van der Waals surface area contributed by atoms with E-state index >= 15 is 0 Å². The predicted octanol–water partition coefficient (Wildman–Crippen LogP) is 5.64. The Labute approximate surface area is 220 Å². The van der Waals surface area contributed by atoms with Gasteiger partial charge in [0.05, 0.1) is 40.2 Å². The molecule has 0 amide bonds. The first kappa shape index (κ1) is 25.9. The van der Waals surface area contributed by atoms with E-state index in [4.69, 9.17) is 16.3 Å². The molecule has 2 heterocycles. The van der Waals surface area contributed by atoms with Crippen LogP contribution in [0.3, 0.4) is 0 Å². The molecule has 2 aromatic heterocycles. The SMILES string of the molecule is COc1cc(C#CC(C)(C)N(C)C)c([N+](=O)[O-])cc1Nc1ncc(Cl)c(-c2cn(C)c3ccccc23)n1. The van der Waals surface area contributed by atoms with Gasteiger partial charge in [-0.25, -0.2) is 9.97 Å². The molecule has 190 valence electrons. The van der Waals surface area contributed by atoms with Crippen LogP contribution in [0.1, 0.15) is 19.4 Å². The molecule has 0 spiro atoms. The molecule has 0 unspecified atom stereocenters. The van der Waals surface area contributed by atoms with Crippen molar-refractivity contribution in [2.45, 2.75) is 19.4 Å². The number of anilines is 2. The predicted molar refractivity (Wildman–Crippen MR) is 147 cm³/mol. The van der Waals surface area contributed by atoms with Gasteiger partial charge >= 0.3 is 0 Å². The average molecular weight is 519 g/mol. The molecule has 0 radical (unpaired) electrons. The molecular weight excluding hydrogens is 492 g/mol. The molecule has 0 fully saturated rings. The van der Waals surface area contributed by atoms with Gasteiger partial charge in [-0.15, -0.1) is 0 Å². The summed E-state index contributed by atoms with van der Waals surface area (Å²) in [6.45, 7) is 3.87. The van der Waals surface area contributed by atoms with Crippen molar-refractivity contribution in [2.75, 3.05) is 26.5 Å². The molecule has 0 saturated heterocycles. The molecule has 0 bridgehead atoms. The van der Waals surface area contributed by atoms with E-state index in [0.29, 0.717) is 22.2 Å². The number of nitrogens with zero attached hydrogens (tertiary/aromatic N) is 5. The van der Waals surface area contributed by atoms with Gasteiger partial charge in [0.1, 0.15) is 11.3 Å². The van der Waals surface area contributed by atoms with Crippen LogP contribution in [0.2, 0.25) is 5.02 Å². The highest BCUT2D eigenvalue weighted by molar-refractivity contribution is 6.33. The minimum Gasteiger partial charge on any atom is -0.495 e. The highest BCUT2D eigenvalue weighted by Gasteiger charge is 2.21. The number of halogens is 1.